The van der Waals surface area contributed by atoms with Gasteiger partial charge in [-0.05, 0) is 64.0 Å². The molecule has 4 aliphatic rings. The largest absolute Gasteiger partial charge is 0.460 e. The Balaban J connectivity index is 1.47. The van der Waals surface area contributed by atoms with Crippen LogP contribution in [0.15, 0.2) is 30.3 Å². The summed E-state index contributed by atoms with van der Waals surface area (Å²) < 4.78 is 5.61. The fourth-order valence-corrected chi connectivity index (χ4v) is 6.27. The molecular weight excluding hydrogens is 466 g/mol. The lowest BCUT2D eigenvalue weighted by Crippen LogP contribution is -2.71. The van der Waals surface area contributed by atoms with E-state index in [1.54, 1.807) is 6.92 Å². The summed E-state index contributed by atoms with van der Waals surface area (Å²) in [5.74, 6) is -0.116. The number of hydrogen-bond donors (Lipinski definition) is 2. The highest BCUT2D eigenvalue weighted by Crippen LogP contribution is 2.74. The standard InChI is InChI=1S/C27H32ClN3O4/c1-15(29)22(32)30-19-9-20-21(18-8-6-5-7-17(18)19)16(10-28)11-31(20)23(33)26-12-27(13-26,14-26)24(34)35-25(2,3)4/h5-9,15-16H,10-14,29H2,1-4H3,(H,30,32). The molecule has 2 aromatic carbocycles. The van der Waals surface area contributed by atoms with E-state index in [1.165, 1.54) is 0 Å². The van der Waals surface area contributed by atoms with Crippen molar-refractivity contribution in [2.24, 2.45) is 16.6 Å². The highest BCUT2D eigenvalue weighted by molar-refractivity contribution is 6.19. The van der Waals surface area contributed by atoms with Gasteiger partial charge >= 0.3 is 5.97 Å². The molecule has 1 heterocycles. The van der Waals surface area contributed by atoms with E-state index in [2.05, 4.69) is 5.32 Å². The molecule has 2 bridgehead atoms. The van der Waals surface area contributed by atoms with Crippen LogP contribution in [0.5, 0.6) is 0 Å². The molecule has 3 N–H and O–H groups in total. The molecule has 2 aromatic rings. The fraction of sp³-hybridized carbons (Fsp3) is 0.519. The zero-order valence-corrected chi connectivity index (χ0v) is 21.4. The topological polar surface area (TPSA) is 102 Å². The maximum atomic E-state index is 13.9. The Hall–Kier alpha value is -2.64. The van der Waals surface area contributed by atoms with Crippen molar-refractivity contribution in [1.29, 1.82) is 0 Å². The average Bonchev–Trinajstić information content (AvgIpc) is 3.09. The lowest BCUT2D eigenvalue weighted by Gasteiger charge is -2.67. The first-order valence-corrected chi connectivity index (χ1v) is 12.7. The number of benzene rings is 2. The zero-order chi connectivity index (χ0) is 25.3. The van der Waals surface area contributed by atoms with Crippen LogP contribution < -0.4 is 16.0 Å². The third kappa shape index (κ3) is 3.71. The van der Waals surface area contributed by atoms with Crippen LogP contribution in [-0.2, 0) is 19.1 Å². The Kier molecular flexibility index (Phi) is 5.46. The first kappa shape index (κ1) is 24.1. The zero-order valence-electron chi connectivity index (χ0n) is 20.6. The van der Waals surface area contributed by atoms with Crippen LogP contribution in [-0.4, -0.2) is 41.9 Å². The normalized spacial score (nSPS) is 27.5. The van der Waals surface area contributed by atoms with Crippen LogP contribution in [0.25, 0.3) is 10.8 Å². The molecule has 1 aliphatic heterocycles. The van der Waals surface area contributed by atoms with Gasteiger partial charge < -0.3 is 20.7 Å². The number of carbonyl (C=O) groups excluding carboxylic acids is 3. The Morgan fingerprint density at radius 1 is 1.17 bits per heavy atom. The Morgan fingerprint density at radius 3 is 2.37 bits per heavy atom. The molecule has 2 amide bonds. The van der Waals surface area contributed by atoms with Gasteiger partial charge in [0.25, 0.3) is 0 Å². The molecular formula is C27H32ClN3O4. The summed E-state index contributed by atoms with van der Waals surface area (Å²) in [6.45, 7) is 7.69. The van der Waals surface area contributed by atoms with Crippen LogP contribution >= 0.6 is 11.6 Å². The maximum absolute atomic E-state index is 13.9. The number of nitrogens with two attached hydrogens (primary N) is 1. The van der Waals surface area contributed by atoms with E-state index < -0.39 is 22.5 Å². The number of amides is 2. The van der Waals surface area contributed by atoms with E-state index in [4.69, 9.17) is 22.1 Å². The summed E-state index contributed by atoms with van der Waals surface area (Å²) in [7, 11) is 0. The molecule has 2 atom stereocenters. The van der Waals surface area contributed by atoms with Crippen LogP contribution in [0.2, 0.25) is 0 Å². The number of halogens is 1. The molecule has 3 aliphatic carbocycles. The summed E-state index contributed by atoms with van der Waals surface area (Å²) in [4.78, 5) is 40.8. The second-order valence-corrected chi connectivity index (χ2v) is 11.8. The van der Waals surface area contributed by atoms with Gasteiger partial charge in [-0.15, -0.1) is 11.6 Å². The molecule has 7 nitrogen and oxygen atoms in total. The molecule has 3 saturated carbocycles. The fourth-order valence-electron chi connectivity index (χ4n) is 6.02. The van der Waals surface area contributed by atoms with Crippen molar-refractivity contribution in [3.63, 3.8) is 0 Å². The molecule has 0 radical (unpaired) electrons. The minimum absolute atomic E-state index is 0.0223. The first-order valence-electron chi connectivity index (χ1n) is 12.1. The first-order chi connectivity index (χ1) is 16.4. The summed E-state index contributed by atoms with van der Waals surface area (Å²) >= 11 is 6.38. The smallest absolute Gasteiger partial charge is 0.312 e. The van der Waals surface area contributed by atoms with Crippen LogP contribution in [0.1, 0.15) is 58.4 Å². The van der Waals surface area contributed by atoms with E-state index >= 15 is 0 Å². The summed E-state index contributed by atoms with van der Waals surface area (Å²) in [5.41, 5.74) is 6.60. The van der Waals surface area contributed by atoms with E-state index in [-0.39, 0.29) is 23.7 Å². The van der Waals surface area contributed by atoms with Gasteiger partial charge in [-0.2, -0.15) is 0 Å². The van der Waals surface area contributed by atoms with E-state index in [0.717, 1.165) is 22.0 Å². The molecule has 3 fully saturated rings. The summed E-state index contributed by atoms with van der Waals surface area (Å²) in [6, 6.07) is 9.02. The third-order valence-corrected chi connectivity index (χ3v) is 7.96. The number of fused-ring (bicyclic) bond motifs is 3. The minimum Gasteiger partial charge on any atom is -0.460 e. The lowest BCUT2D eigenvalue weighted by atomic mass is 9.34. The molecule has 0 aromatic heterocycles. The number of carbonyl (C=O) groups is 3. The second kappa shape index (κ2) is 7.93. The highest BCUT2D eigenvalue weighted by atomic mass is 35.5. The van der Waals surface area contributed by atoms with Crippen molar-refractivity contribution in [2.45, 2.75) is 64.5 Å². The van der Waals surface area contributed by atoms with Crippen molar-refractivity contribution in [1.82, 2.24) is 0 Å². The number of esters is 1. The number of ether oxygens (including phenoxy) is 1. The SMILES string of the molecule is CC(N)C(=O)Nc1cc2c(c3ccccc13)C(CCl)CN2C(=O)C12CC(C(=O)OC(C)(C)C)(C1)C2. The van der Waals surface area contributed by atoms with Gasteiger partial charge in [0.15, 0.2) is 0 Å². The third-order valence-electron chi connectivity index (χ3n) is 7.59. The van der Waals surface area contributed by atoms with Gasteiger partial charge in [-0.25, -0.2) is 0 Å². The monoisotopic (exact) mass is 497 g/mol. The average molecular weight is 498 g/mol. The number of hydrogen-bond acceptors (Lipinski definition) is 5. The number of nitrogens with zero attached hydrogens (tertiary/aromatic N) is 1. The van der Waals surface area contributed by atoms with Crippen molar-refractivity contribution in [2.75, 3.05) is 22.6 Å². The van der Waals surface area contributed by atoms with Crippen LogP contribution in [0.4, 0.5) is 11.4 Å². The number of rotatable bonds is 5. The van der Waals surface area contributed by atoms with E-state index in [0.29, 0.717) is 37.4 Å². The van der Waals surface area contributed by atoms with E-state index in [9.17, 15) is 14.4 Å². The Bertz CT molecular complexity index is 1230. The van der Waals surface area contributed by atoms with Gasteiger partial charge in [0.1, 0.15) is 5.60 Å². The second-order valence-electron chi connectivity index (χ2n) is 11.5. The van der Waals surface area contributed by atoms with Gasteiger partial charge in [-0.1, -0.05) is 24.3 Å². The van der Waals surface area contributed by atoms with Gasteiger partial charge in [0.05, 0.1) is 22.6 Å². The van der Waals surface area contributed by atoms with Crippen molar-refractivity contribution in [3.05, 3.63) is 35.9 Å². The number of anilines is 2. The molecule has 35 heavy (non-hydrogen) atoms. The highest BCUT2D eigenvalue weighted by Gasteiger charge is 2.76. The van der Waals surface area contributed by atoms with Gasteiger partial charge in [0, 0.05) is 29.4 Å². The van der Waals surface area contributed by atoms with Crippen LogP contribution in [0.3, 0.4) is 0 Å². The minimum atomic E-state index is -0.667. The van der Waals surface area contributed by atoms with Crippen LogP contribution in [0, 0.1) is 10.8 Å². The number of nitrogens with one attached hydrogen (secondary N) is 1. The maximum Gasteiger partial charge on any atom is 0.312 e. The van der Waals surface area contributed by atoms with Gasteiger partial charge in [0.2, 0.25) is 11.8 Å². The summed E-state index contributed by atoms with van der Waals surface area (Å²) in [6.07, 6.45) is 1.56. The molecule has 6 rings (SSSR count). The molecule has 0 spiro atoms. The molecule has 0 saturated heterocycles. The molecule has 8 heteroatoms. The number of alkyl halides is 1. The quantitative estimate of drug-likeness (QED) is 0.473. The van der Waals surface area contributed by atoms with Crippen molar-refractivity contribution >= 4 is 51.5 Å². The predicted molar refractivity (Wildman–Crippen MR) is 137 cm³/mol. The molecule has 186 valence electrons. The van der Waals surface area contributed by atoms with Gasteiger partial charge in [-0.3, -0.25) is 14.4 Å². The van der Waals surface area contributed by atoms with Crippen molar-refractivity contribution < 1.29 is 19.1 Å². The lowest BCUT2D eigenvalue weighted by molar-refractivity contribution is -0.230. The van der Waals surface area contributed by atoms with Crippen molar-refractivity contribution in [3.8, 4) is 0 Å². The Labute approximate surface area is 210 Å². The Morgan fingerprint density at radius 2 is 1.80 bits per heavy atom. The summed E-state index contributed by atoms with van der Waals surface area (Å²) in [5, 5.41) is 4.78. The molecule has 2 unspecified atom stereocenters. The van der Waals surface area contributed by atoms with E-state index in [1.807, 2.05) is 56.0 Å². The predicted octanol–water partition coefficient (Wildman–Crippen LogP) is 4.31.